The maximum absolute atomic E-state index is 17.1. The molecule has 8 heteroatoms. The van der Waals surface area contributed by atoms with Crippen molar-refractivity contribution in [3.05, 3.63) is 221 Å². The second kappa shape index (κ2) is 17.3. The van der Waals surface area contributed by atoms with Crippen molar-refractivity contribution in [1.82, 2.24) is 0 Å². The van der Waals surface area contributed by atoms with Gasteiger partial charge in [0, 0.05) is 45.4 Å². The highest BCUT2D eigenvalue weighted by atomic mass is 19.1. The maximum atomic E-state index is 17.1. The van der Waals surface area contributed by atoms with E-state index in [0.29, 0.717) is 55.9 Å². The molecule has 0 radical (unpaired) electrons. The Bertz CT molecular complexity index is 3510. The largest absolute Gasteiger partial charge is 0.307 e. The molecule has 10 aromatic rings. The van der Waals surface area contributed by atoms with Gasteiger partial charge in [0.2, 0.25) is 0 Å². The van der Waals surface area contributed by atoms with Gasteiger partial charge in [0.25, 0.3) is 0 Å². The monoisotopic (exact) mass is 922 g/mol. The van der Waals surface area contributed by atoms with Gasteiger partial charge in [-0.05, 0) is 115 Å². The first-order valence-electron chi connectivity index (χ1n) is 23.0. The highest BCUT2D eigenvalue weighted by molar-refractivity contribution is 6.28. The topological polar surface area (TPSA) is 34.6 Å². The van der Waals surface area contributed by atoms with Gasteiger partial charge in [0.15, 0.2) is 5.69 Å². The fraction of sp³-hybridized carbons (Fsp3) is 0.129. The highest BCUT2D eigenvalue weighted by Gasteiger charge is 2.28. The number of benzene rings is 10. The molecule has 0 saturated heterocycles. The minimum absolute atomic E-state index is 0.0289. The van der Waals surface area contributed by atoms with E-state index in [0.717, 1.165) is 32.7 Å². The molecule has 342 valence electrons. The second-order valence-electron chi connectivity index (χ2n) is 19.7. The standard InChI is InChI=1S/C62H46F4N4/c1-61(2,3)49-14-10-8-12-43(49)47-32-53(65)57(34-51(47)63)69(41-24-16-37(36-67)17-25-41)55-30-20-38-19-29-46-56(31-21-39-18-28-45(55)59(38)60(39)46)70(42-26-22-40(68-7)23-27-42)58-35-52(64)48(33-54(58)66)44-13-9-11-15-50(44)62(4,5)6/h8-35H,1-6H3. The smallest absolute Gasteiger partial charge is 0.187 e. The summed E-state index contributed by atoms with van der Waals surface area (Å²) in [5, 5.41) is 14.5. The molecule has 0 bridgehead atoms. The lowest BCUT2D eigenvalue weighted by molar-refractivity contribution is 0.586. The minimum atomic E-state index is -0.653. The normalized spacial score (nSPS) is 11.8. The van der Waals surface area contributed by atoms with Crippen molar-refractivity contribution < 1.29 is 17.6 Å². The lowest BCUT2D eigenvalue weighted by Crippen LogP contribution is -2.15. The predicted molar refractivity (Wildman–Crippen MR) is 279 cm³/mol. The lowest BCUT2D eigenvalue weighted by atomic mass is 9.81. The van der Waals surface area contributed by atoms with Crippen LogP contribution >= 0.6 is 0 Å². The van der Waals surface area contributed by atoms with E-state index in [1.54, 1.807) is 58.3 Å². The van der Waals surface area contributed by atoms with Gasteiger partial charge < -0.3 is 9.80 Å². The van der Waals surface area contributed by atoms with E-state index in [1.807, 2.05) is 139 Å². The third-order valence-corrected chi connectivity index (χ3v) is 13.2. The van der Waals surface area contributed by atoms with Crippen LogP contribution in [0.1, 0.15) is 58.2 Å². The summed E-state index contributed by atoms with van der Waals surface area (Å²) in [6.07, 6.45) is 0. The molecule has 4 nitrogen and oxygen atoms in total. The molecule has 0 aromatic heterocycles. The number of halogens is 4. The molecule has 0 aliphatic carbocycles. The zero-order valence-corrected chi connectivity index (χ0v) is 39.5. The van der Waals surface area contributed by atoms with Gasteiger partial charge in [0.1, 0.15) is 23.3 Å². The van der Waals surface area contributed by atoms with Crippen molar-refractivity contribution in [2.75, 3.05) is 9.80 Å². The molecule has 0 fully saturated rings. The lowest BCUT2D eigenvalue weighted by Gasteiger charge is -2.30. The van der Waals surface area contributed by atoms with E-state index in [9.17, 15) is 5.26 Å². The van der Waals surface area contributed by atoms with Crippen LogP contribution in [0.25, 0.3) is 59.4 Å². The van der Waals surface area contributed by atoms with Gasteiger partial charge in [-0.1, -0.05) is 139 Å². The molecular formula is C62H46F4N4. The van der Waals surface area contributed by atoms with Crippen molar-refractivity contribution >= 4 is 72.1 Å². The third kappa shape index (κ3) is 7.82. The molecule has 10 rings (SSSR count). The van der Waals surface area contributed by atoms with Crippen LogP contribution in [0.2, 0.25) is 0 Å². The minimum Gasteiger partial charge on any atom is -0.307 e. The second-order valence-corrected chi connectivity index (χ2v) is 19.7. The molecule has 0 unspecified atom stereocenters. The molecule has 0 aliphatic rings. The zero-order chi connectivity index (χ0) is 49.2. The van der Waals surface area contributed by atoms with Crippen molar-refractivity contribution in [3.63, 3.8) is 0 Å². The quantitative estimate of drug-likeness (QED) is 0.0865. The van der Waals surface area contributed by atoms with Gasteiger partial charge in [0.05, 0.1) is 41.0 Å². The fourth-order valence-corrected chi connectivity index (χ4v) is 9.91. The maximum Gasteiger partial charge on any atom is 0.187 e. The summed E-state index contributed by atoms with van der Waals surface area (Å²) >= 11 is 0. The van der Waals surface area contributed by atoms with Gasteiger partial charge in [-0.25, -0.2) is 22.4 Å². The van der Waals surface area contributed by atoms with Crippen molar-refractivity contribution in [2.45, 2.75) is 52.4 Å². The van der Waals surface area contributed by atoms with E-state index in [-0.39, 0.29) is 33.3 Å². The summed E-state index contributed by atoms with van der Waals surface area (Å²) in [4.78, 5) is 6.93. The molecule has 0 atom stereocenters. The van der Waals surface area contributed by atoms with Crippen LogP contribution in [0.3, 0.4) is 0 Å². The molecule has 0 spiro atoms. The van der Waals surface area contributed by atoms with Crippen LogP contribution in [0.5, 0.6) is 0 Å². The average molecular weight is 923 g/mol. The van der Waals surface area contributed by atoms with Gasteiger partial charge >= 0.3 is 0 Å². The summed E-state index contributed by atoms with van der Waals surface area (Å²) in [7, 11) is 0. The number of rotatable bonds is 8. The van der Waals surface area contributed by atoms with Gasteiger partial charge in [-0.15, -0.1) is 0 Å². The Morgan fingerprint density at radius 2 is 0.843 bits per heavy atom. The number of anilines is 6. The molecule has 0 N–H and O–H groups in total. The average Bonchev–Trinajstić information content (AvgIpc) is 3.35. The molecule has 0 aliphatic heterocycles. The zero-order valence-electron chi connectivity index (χ0n) is 39.5. The van der Waals surface area contributed by atoms with E-state index >= 15 is 17.6 Å². The van der Waals surface area contributed by atoms with Crippen molar-refractivity contribution in [2.24, 2.45) is 0 Å². The first-order valence-corrected chi connectivity index (χ1v) is 23.0. The summed E-state index contributed by atoms with van der Waals surface area (Å²) in [6, 6.07) is 51.0. The van der Waals surface area contributed by atoms with Gasteiger partial charge in [-0.3, -0.25) is 0 Å². The SMILES string of the molecule is [C-]#[N+]c1ccc(N(c2cc(F)c(-c3ccccc3C(C)(C)C)cc2F)c2ccc3ccc4c(N(c5ccc(C#N)cc5)c5cc(F)c(-c6ccccc6C(C)(C)C)cc5F)ccc5ccc2c3c54)cc1. The summed E-state index contributed by atoms with van der Waals surface area (Å²) < 4.78 is 67.9. The Morgan fingerprint density at radius 3 is 1.24 bits per heavy atom. The van der Waals surface area contributed by atoms with Crippen LogP contribution in [-0.4, -0.2) is 0 Å². The number of hydrogen-bond acceptors (Lipinski definition) is 3. The molecular weight excluding hydrogens is 877 g/mol. The highest BCUT2D eigenvalue weighted by Crippen LogP contribution is 2.50. The predicted octanol–water partition coefficient (Wildman–Crippen LogP) is 18.4. The molecule has 0 saturated carbocycles. The van der Waals surface area contributed by atoms with Crippen LogP contribution < -0.4 is 9.80 Å². The Kier molecular flexibility index (Phi) is 11.2. The Morgan fingerprint density at radius 1 is 0.443 bits per heavy atom. The van der Waals surface area contributed by atoms with E-state index < -0.39 is 23.3 Å². The molecule has 0 heterocycles. The van der Waals surface area contributed by atoms with Gasteiger partial charge in [-0.2, -0.15) is 5.26 Å². The van der Waals surface area contributed by atoms with Crippen molar-refractivity contribution in [1.29, 1.82) is 5.26 Å². The number of hydrogen-bond donors (Lipinski definition) is 0. The first-order chi connectivity index (χ1) is 33.5. The molecule has 70 heavy (non-hydrogen) atoms. The third-order valence-electron chi connectivity index (χ3n) is 13.2. The molecule has 0 amide bonds. The van der Waals surface area contributed by atoms with Crippen LogP contribution in [0.15, 0.2) is 170 Å². The van der Waals surface area contributed by atoms with Crippen LogP contribution in [0, 0.1) is 41.2 Å². The first kappa shape index (κ1) is 45.3. The van der Waals surface area contributed by atoms with Crippen LogP contribution in [0.4, 0.5) is 57.4 Å². The summed E-state index contributed by atoms with van der Waals surface area (Å²) in [6.45, 7) is 19.8. The Hall–Kier alpha value is -8.46. The van der Waals surface area contributed by atoms with Crippen molar-refractivity contribution in [3.8, 4) is 28.3 Å². The molecule has 10 aromatic carbocycles. The van der Waals surface area contributed by atoms with E-state index in [2.05, 4.69) is 10.9 Å². The number of nitriles is 1. The summed E-state index contributed by atoms with van der Waals surface area (Å²) in [5.41, 5.74) is 5.38. The van der Waals surface area contributed by atoms with E-state index in [4.69, 9.17) is 6.57 Å². The van der Waals surface area contributed by atoms with E-state index in [1.165, 1.54) is 24.3 Å². The fourth-order valence-electron chi connectivity index (χ4n) is 9.91. The Labute approximate surface area is 405 Å². The summed E-state index contributed by atoms with van der Waals surface area (Å²) in [5.74, 6) is -2.51. The van der Waals surface area contributed by atoms with Crippen LogP contribution in [-0.2, 0) is 10.8 Å². The Balaban J connectivity index is 1.19. The number of nitrogens with zero attached hydrogens (tertiary/aromatic N) is 4.